The number of benzene rings is 1. The second kappa shape index (κ2) is 6.87. The SMILES string of the molecule is CN1CC(=O)N(c2ccsc2)CC12CCN(S(=O)(=O)c1cc(F)cc(F)c1)C2. The number of amides is 1. The minimum Gasteiger partial charge on any atom is -0.309 e. The van der Waals surface area contributed by atoms with Crippen molar-refractivity contribution in [1.29, 1.82) is 0 Å². The lowest BCUT2D eigenvalue weighted by atomic mass is 9.93. The maximum atomic E-state index is 13.5. The number of thiophene rings is 1. The molecule has 4 rings (SSSR count). The molecule has 150 valence electrons. The summed E-state index contributed by atoms with van der Waals surface area (Å²) in [4.78, 5) is 15.7. The molecule has 0 aliphatic carbocycles. The minimum atomic E-state index is -4.04. The molecular weight excluding hydrogens is 408 g/mol. The smallest absolute Gasteiger partial charge is 0.243 e. The first-order valence-electron chi connectivity index (χ1n) is 8.71. The number of anilines is 1. The van der Waals surface area contributed by atoms with Gasteiger partial charge in [-0.3, -0.25) is 9.69 Å². The Morgan fingerprint density at radius 1 is 1.14 bits per heavy atom. The second-order valence-electron chi connectivity index (χ2n) is 7.24. The molecule has 1 unspecified atom stereocenters. The molecule has 2 aliphatic rings. The van der Waals surface area contributed by atoms with Gasteiger partial charge in [-0.2, -0.15) is 15.6 Å². The number of hydrogen-bond donors (Lipinski definition) is 0. The van der Waals surface area contributed by atoms with E-state index in [9.17, 15) is 22.0 Å². The Kier molecular flexibility index (Phi) is 4.77. The fraction of sp³-hybridized carbons (Fsp3) is 0.389. The topological polar surface area (TPSA) is 60.9 Å². The van der Waals surface area contributed by atoms with Crippen molar-refractivity contribution in [2.45, 2.75) is 16.9 Å². The second-order valence-corrected chi connectivity index (χ2v) is 9.95. The van der Waals surface area contributed by atoms with E-state index in [2.05, 4.69) is 0 Å². The number of rotatable bonds is 3. The van der Waals surface area contributed by atoms with Crippen LogP contribution in [0, 0.1) is 11.6 Å². The Morgan fingerprint density at radius 3 is 2.50 bits per heavy atom. The molecule has 2 saturated heterocycles. The Morgan fingerprint density at radius 2 is 1.86 bits per heavy atom. The van der Waals surface area contributed by atoms with Gasteiger partial charge in [-0.15, -0.1) is 0 Å². The summed E-state index contributed by atoms with van der Waals surface area (Å²) in [5.41, 5.74) is 0.255. The van der Waals surface area contributed by atoms with Crippen LogP contribution in [0.2, 0.25) is 0 Å². The molecule has 1 aromatic carbocycles. The average Bonchev–Trinajstić information content (AvgIpc) is 3.29. The van der Waals surface area contributed by atoms with Gasteiger partial charge in [0.25, 0.3) is 0 Å². The van der Waals surface area contributed by atoms with Crippen LogP contribution in [0.5, 0.6) is 0 Å². The maximum absolute atomic E-state index is 13.5. The molecule has 2 aliphatic heterocycles. The van der Waals surface area contributed by atoms with Crippen molar-refractivity contribution in [2.75, 3.05) is 38.1 Å². The third kappa shape index (κ3) is 3.24. The molecule has 1 spiro atoms. The molecule has 1 aromatic heterocycles. The van der Waals surface area contributed by atoms with Gasteiger partial charge in [-0.1, -0.05) is 0 Å². The van der Waals surface area contributed by atoms with Gasteiger partial charge in [0.15, 0.2) is 0 Å². The van der Waals surface area contributed by atoms with Crippen LogP contribution in [0.3, 0.4) is 0 Å². The Hall–Kier alpha value is -1.88. The third-order valence-electron chi connectivity index (χ3n) is 5.52. The lowest BCUT2D eigenvalue weighted by Crippen LogP contribution is -2.64. The molecule has 0 bridgehead atoms. The zero-order chi connectivity index (χ0) is 20.1. The van der Waals surface area contributed by atoms with Crippen LogP contribution in [0.1, 0.15) is 6.42 Å². The number of hydrogen-bond acceptors (Lipinski definition) is 5. The number of halogens is 2. The lowest BCUT2D eigenvalue weighted by Gasteiger charge is -2.46. The van der Waals surface area contributed by atoms with Gasteiger partial charge >= 0.3 is 0 Å². The Balaban J connectivity index is 1.62. The first-order chi connectivity index (χ1) is 13.2. The van der Waals surface area contributed by atoms with Crippen LogP contribution >= 0.6 is 11.3 Å². The minimum absolute atomic E-state index is 0.0416. The molecule has 2 aromatic rings. The summed E-state index contributed by atoms with van der Waals surface area (Å²) in [7, 11) is -2.24. The van der Waals surface area contributed by atoms with E-state index in [0.717, 1.165) is 17.8 Å². The quantitative estimate of drug-likeness (QED) is 0.753. The molecule has 0 saturated carbocycles. The van der Waals surface area contributed by atoms with E-state index in [0.29, 0.717) is 19.0 Å². The largest absolute Gasteiger partial charge is 0.309 e. The van der Waals surface area contributed by atoms with Gasteiger partial charge in [-0.25, -0.2) is 17.2 Å². The predicted molar refractivity (Wildman–Crippen MR) is 102 cm³/mol. The first-order valence-corrected chi connectivity index (χ1v) is 11.1. The number of likely N-dealkylation sites (N-methyl/N-ethyl adjacent to an activating group) is 1. The van der Waals surface area contributed by atoms with E-state index >= 15 is 0 Å². The summed E-state index contributed by atoms with van der Waals surface area (Å²) in [6.45, 7) is 0.912. The summed E-state index contributed by atoms with van der Waals surface area (Å²) < 4.78 is 54.2. The fourth-order valence-corrected chi connectivity index (χ4v) is 6.10. The number of piperazine rings is 1. The monoisotopic (exact) mass is 427 g/mol. The highest BCUT2D eigenvalue weighted by molar-refractivity contribution is 7.89. The van der Waals surface area contributed by atoms with Crippen LogP contribution in [0.4, 0.5) is 14.5 Å². The van der Waals surface area contributed by atoms with Crippen molar-refractivity contribution in [3.05, 3.63) is 46.7 Å². The highest BCUT2D eigenvalue weighted by Crippen LogP contribution is 2.36. The molecule has 10 heteroatoms. The average molecular weight is 427 g/mol. The van der Waals surface area contributed by atoms with Crippen molar-refractivity contribution < 1.29 is 22.0 Å². The van der Waals surface area contributed by atoms with Crippen molar-refractivity contribution in [3.63, 3.8) is 0 Å². The molecule has 3 heterocycles. The summed E-state index contributed by atoms with van der Waals surface area (Å²) in [5, 5.41) is 3.77. The van der Waals surface area contributed by atoms with Crippen molar-refractivity contribution in [3.8, 4) is 0 Å². The molecule has 0 N–H and O–H groups in total. The van der Waals surface area contributed by atoms with E-state index in [1.54, 1.807) is 11.9 Å². The van der Waals surface area contributed by atoms with Crippen LogP contribution in [0.25, 0.3) is 0 Å². The van der Waals surface area contributed by atoms with Gasteiger partial charge in [0.1, 0.15) is 11.6 Å². The Bertz CT molecular complexity index is 993. The van der Waals surface area contributed by atoms with Crippen molar-refractivity contribution >= 4 is 33.0 Å². The molecular formula is C18H19F2N3O3S2. The lowest BCUT2D eigenvalue weighted by molar-refractivity contribution is -0.123. The normalized spacial score (nSPS) is 24.4. The molecule has 1 atom stereocenters. The highest BCUT2D eigenvalue weighted by Gasteiger charge is 2.50. The molecule has 1 amide bonds. The zero-order valence-corrected chi connectivity index (χ0v) is 16.8. The van der Waals surface area contributed by atoms with Crippen LogP contribution in [0.15, 0.2) is 39.9 Å². The summed E-state index contributed by atoms with van der Waals surface area (Å²) >= 11 is 1.49. The summed E-state index contributed by atoms with van der Waals surface area (Å²) in [5.74, 6) is -1.91. The standard InChI is InChI=1S/C18H19F2N3O3S2/c1-21-9-17(24)23(15-2-5-27-10-15)12-18(21)3-4-22(11-18)28(25,26)16-7-13(19)6-14(20)8-16/h2,5-8,10H,3-4,9,11-12H2,1H3. The maximum Gasteiger partial charge on any atom is 0.243 e. The van der Waals surface area contributed by atoms with Gasteiger partial charge in [0.05, 0.1) is 22.7 Å². The van der Waals surface area contributed by atoms with E-state index in [4.69, 9.17) is 0 Å². The van der Waals surface area contributed by atoms with Crippen molar-refractivity contribution in [2.24, 2.45) is 0 Å². The van der Waals surface area contributed by atoms with E-state index < -0.39 is 32.1 Å². The first kappa shape index (κ1) is 19.4. The predicted octanol–water partition coefficient (Wildman–Crippen LogP) is 2.14. The van der Waals surface area contributed by atoms with Crippen LogP contribution in [-0.2, 0) is 14.8 Å². The number of carbonyl (C=O) groups is 1. The number of nitrogens with zero attached hydrogens (tertiary/aromatic N) is 3. The van der Waals surface area contributed by atoms with E-state index in [1.807, 2.05) is 21.7 Å². The fourth-order valence-electron chi connectivity index (χ4n) is 3.90. The summed E-state index contributed by atoms with van der Waals surface area (Å²) in [6, 6.07) is 4.16. The van der Waals surface area contributed by atoms with Crippen molar-refractivity contribution in [1.82, 2.24) is 9.21 Å². The van der Waals surface area contributed by atoms with Gasteiger partial charge in [0.2, 0.25) is 15.9 Å². The molecule has 0 radical (unpaired) electrons. The summed E-state index contributed by atoms with van der Waals surface area (Å²) in [6.07, 6.45) is 0.522. The number of sulfonamides is 1. The Labute approximate surface area is 166 Å². The van der Waals surface area contributed by atoms with Gasteiger partial charge < -0.3 is 4.90 Å². The van der Waals surface area contributed by atoms with Gasteiger partial charge in [-0.05, 0) is 37.0 Å². The zero-order valence-electron chi connectivity index (χ0n) is 15.1. The molecule has 2 fully saturated rings. The van der Waals surface area contributed by atoms with E-state index in [1.165, 1.54) is 15.6 Å². The van der Waals surface area contributed by atoms with E-state index in [-0.39, 0.29) is 25.5 Å². The number of carbonyl (C=O) groups excluding carboxylic acids is 1. The van der Waals surface area contributed by atoms with Crippen LogP contribution < -0.4 is 4.90 Å². The molecule has 28 heavy (non-hydrogen) atoms. The highest BCUT2D eigenvalue weighted by atomic mass is 32.2. The molecule has 6 nitrogen and oxygen atoms in total. The van der Waals surface area contributed by atoms with Crippen LogP contribution in [-0.4, -0.2) is 62.3 Å². The van der Waals surface area contributed by atoms with Gasteiger partial charge in [0, 0.05) is 31.1 Å². The third-order valence-corrected chi connectivity index (χ3v) is 8.02.